The van der Waals surface area contributed by atoms with E-state index >= 15 is 0 Å². The Kier molecular flexibility index (Phi) is 6.74. The summed E-state index contributed by atoms with van der Waals surface area (Å²) < 4.78 is 42.7. The minimum atomic E-state index is -4.41. The Balaban J connectivity index is 2.97. The van der Waals surface area contributed by atoms with Gasteiger partial charge in [0.05, 0.1) is 24.3 Å². The molecule has 1 rings (SSSR count). The van der Waals surface area contributed by atoms with E-state index in [1.165, 1.54) is 23.9 Å². The second kappa shape index (κ2) is 8.07. The quantitative estimate of drug-likeness (QED) is 0.585. The second-order valence-corrected chi connectivity index (χ2v) is 5.01. The van der Waals surface area contributed by atoms with Crippen LogP contribution in [0.5, 0.6) is 0 Å². The highest BCUT2D eigenvalue weighted by Gasteiger charge is 2.30. The molecule has 0 radical (unpaired) electrons. The molecular formula is C14H16F3NO2S. The molecule has 0 aliphatic carbocycles. The maximum atomic E-state index is 12.6. The predicted molar refractivity (Wildman–Crippen MR) is 78.2 cm³/mol. The largest absolute Gasteiger partial charge is 0.466 e. The van der Waals surface area contributed by atoms with E-state index in [2.05, 4.69) is 4.99 Å². The maximum Gasteiger partial charge on any atom is 0.416 e. The van der Waals surface area contributed by atoms with Gasteiger partial charge in [0.2, 0.25) is 0 Å². The number of nitrogens with zero attached hydrogens (tertiary/aromatic N) is 1. The molecule has 0 aromatic heterocycles. The van der Waals surface area contributed by atoms with Crippen LogP contribution in [0.4, 0.5) is 18.9 Å². The fraction of sp³-hybridized carbons (Fsp3) is 0.429. The number of thioether (sulfide) groups is 1. The number of hydrogen-bond donors (Lipinski definition) is 0. The molecule has 21 heavy (non-hydrogen) atoms. The molecule has 3 nitrogen and oxygen atoms in total. The Morgan fingerprint density at radius 2 is 2.10 bits per heavy atom. The van der Waals surface area contributed by atoms with Gasteiger partial charge in [-0.25, -0.2) is 0 Å². The number of hydrogen-bond acceptors (Lipinski definition) is 4. The van der Waals surface area contributed by atoms with E-state index in [1.807, 2.05) is 6.26 Å². The molecular weight excluding hydrogens is 303 g/mol. The van der Waals surface area contributed by atoms with Crippen molar-refractivity contribution in [2.45, 2.75) is 19.5 Å². The molecule has 0 unspecified atom stereocenters. The molecule has 0 fully saturated rings. The number of esters is 1. The van der Waals surface area contributed by atoms with Crippen LogP contribution in [0.25, 0.3) is 0 Å². The number of aliphatic imine (C=N–C) groups is 1. The van der Waals surface area contributed by atoms with Crippen molar-refractivity contribution in [3.8, 4) is 0 Å². The summed E-state index contributed by atoms with van der Waals surface area (Å²) in [6.45, 7) is 1.95. The molecule has 0 bridgehead atoms. The summed E-state index contributed by atoms with van der Waals surface area (Å²) in [6.07, 6.45) is -2.61. The third kappa shape index (κ3) is 6.20. The van der Waals surface area contributed by atoms with Gasteiger partial charge in [-0.05, 0) is 31.4 Å². The van der Waals surface area contributed by atoms with Crippen LogP contribution in [0.2, 0.25) is 0 Å². The van der Waals surface area contributed by atoms with Crippen LogP contribution in [0.15, 0.2) is 29.3 Å². The third-order valence-corrected chi connectivity index (χ3v) is 3.05. The van der Waals surface area contributed by atoms with Gasteiger partial charge < -0.3 is 4.74 Å². The van der Waals surface area contributed by atoms with Crippen LogP contribution < -0.4 is 0 Å². The number of benzene rings is 1. The van der Waals surface area contributed by atoms with Crippen LogP contribution in [0.1, 0.15) is 18.9 Å². The van der Waals surface area contributed by atoms with Crippen molar-refractivity contribution in [2.24, 2.45) is 4.99 Å². The second-order valence-electron chi connectivity index (χ2n) is 4.14. The van der Waals surface area contributed by atoms with Crippen LogP contribution >= 0.6 is 11.8 Å². The zero-order valence-corrected chi connectivity index (χ0v) is 12.6. The van der Waals surface area contributed by atoms with Gasteiger partial charge in [0, 0.05) is 11.5 Å². The van der Waals surface area contributed by atoms with Crippen LogP contribution in [0, 0.1) is 0 Å². The van der Waals surface area contributed by atoms with Crippen molar-refractivity contribution in [2.75, 3.05) is 18.6 Å². The Morgan fingerprint density at radius 1 is 1.38 bits per heavy atom. The summed E-state index contributed by atoms with van der Waals surface area (Å²) in [4.78, 5) is 15.6. The van der Waals surface area contributed by atoms with E-state index in [1.54, 1.807) is 6.92 Å². The van der Waals surface area contributed by atoms with Crippen molar-refractivity contribution in [1.82, 2.24) is 0 Å². The Labute approximate surface area is 125 Å². The lowest BCUT2D eigenvalue weighted by molar-refractivity contribution is -0.141. The number of carbonyl (C=O) groups excluding carboxylic acids is 1. The monoisotopic (exact) mass is 319 g/mol. The lowest BCUT2D eigenvalue weighted by Crippen LogP contribution is -2.13. The molecule has 116 valence electrons. The average molecular weight is 319 g/mol. The molecule has 1 aromatic carbocycles. The average Bonchev–Trinajstić information content (AvgIpc) is 2.38. The van der Waals surface area contributed by atoms with Gasteiger partial charge in [0.15, 0.2) is 0 Å². The first-order chi connectivity index (χ1) is 9.86. The summed E-state index contributed by atoms with van der Waals surface area (Å²) in [6, 6.07) is 4.72. The van der Waals surface area contributed by atoms with Gasteiger partial charge in [-0.1, -0.05) is 6.07 Å². The van der Waals surface area contributed by atoms with Crippen LogP contribution in [0.3, 0.4) is 0 Å². The smallest absolute Gasteiger partial charge is 0.416 e. The molecule has 0 N–H and O–H groups in total. The van der Waals surface area contributed by atoms with Crippen molar-refractivity contribution < 1.29 is 22.7 Å². The third-order valence-electron chi connectivity index (χ3n) is 2.43. The summed E-state index contributed by atoms with van der Waals surface area (Å²) in [5.41, 5.74) is -0.0955. The molecule has 0 amide bonds. The summed E-state index contributed by atoms with van der Waals surface area (Å²) in [5, 5.41) is 0. The first-order valence-electron chi connectivity index (χ1n) is 6.25. The number of ether oxygens (including phenoxy) is 1. The molecule has 0 saturated heterocycles. The molecule has 0 aliphatic rings. The molecule has 0 atom stereocenters. The summed E-state index contributed by atoms with van der Waals surface area (Å²) in [5.74, 6) is 0.0204. The first kappa shape index (κ1) is 17.6. The first-order valence-corrected chi connectivity index (χ1v) is 7.64. The van der Waals surface area contributed by atoms with Crippen molar-refractivity contribution in [1.29, 1.82) is 0 Å². The van der Waals surface area contributed by atoms with Crippen LogP contribution in [-0.2, 0) is 15.7 Å². The van der Waals surface area contributed by atoms with Gasteiger partial charge in [0.1, 0.15) is 0 Å². The highest BCUT2D eigenvalue weighted by molar-refractivity contribution is 7.99. The topological polar surface area (TPSA) is 38.7 Å². The molecule has 0 saturated carbocycles. The standard InChI is InChI=1S/C14H16F3NO2S/c1-3-20-13(19)8-12(9-21-2)18-11-6-4-5-10(7-11)14(15,16)17/h4-7H,3,8-9H2,1-2H3. The van der Waals surface area contributed by atoms with Crippen molar-refractivity contribution in [3.63, 3.8) is 0 Å². The zero-order chi connectivity index (χ0) is 15.9. The highest BCUT2D eigenvalue weighted by atomic mass is 32.2. The fourth-order valence-electron chi connectivity index (χ4n) is 1.60. The maximum absolute atomic E-state index is 12.6. The SMILES string of the molecule is CCOC(=O)CC(CSC)=Nc1cccc(C(F)(F)F)c1. The zero-order valence-electron chi connectivity index (χ0n) is 11.7. The summed E-state index contributed by atoms with van der Waals surface area (Å²) in [7, 11) is 0. The van der Waals surface area contributed by atoms with Gasteiger partial charge in [-0.3, -0.25) is 9.79 Å². The van der Waals surface area contributed by atoms with Crippen LogP contribution in [-0.4, -0.2) is 30.3 Å². The highest BCUT2D eigenvalue weighted by Crippen LogP contribution is 2.31. The molecule has 0 spiro atoms. The van der Waals surface area contributed by atoms with Gasteiger partial charge >= 0.3 is 12.1 Å². The Bertz CT molecular complexity index is 515. The Morgan fingerprint density at radius 3 is 2.67 bits per heavy atom. The number of rotatable bonds is 6. The van der Waals surface area contributed by atoms with Gasteiger partial charge in [0.25, 0.3) is 0 Å². The lowest BCUT2D eigenvalue weighted by atomic mass is 10.2. The van der Waals surface area contributed by atoms with E-state index in [4.69, 9.17) is 4.74 Å². The fourth-order valence-corrected chi connectivity index (χ4v) is 2.10. The van der Waals surface area contributed by atoms with Crippen molar-refractivity contribution >= 4 is 29.1 Å². The van der Waals surface area contributed by atoms with Gasteiger partial charge in [-0.15, -0.1) is 0 Å². The van der Waals surface area contributed by atoms with E-state index in [-0.39, 0.29) is 18.7 Å². The molecule has 7 heteroatoms. The molecule has 0 aliphatic heterocycles. The number of carbonyl (C=O) groups is 1. The Hall–Kier alpha value is -1.50. The summed E-state index contributed by atoms with van der Waals surface area (Å²) >= 11 is 1.44. The number of alkyl halides is 3. The van der Waals surface area contributed by atoms with E-state index < -0.39 is 17.7 Å². The van der Waals surface area contributed by atoms with Crippen molar-refractivity contribution in [3.05, 3.63) is 29.8 Å². The predicted octanol–water partition coefficient (Wildman–Crippen LogP) is 4.09. The molecule has 0 heterocycles. The van der Waals surface area contributed by atoms with E-state index in [0.29, 0.717) is 11.5 Å². The minimum Gasteiger partial charge on any atom is -0.466 e. The van der Waals surface area contributed by atoms with E-state index in [9.17, 15) is 18.0 Å². The van der Waals surface area contributed by atoms with E-state index in [0.717, 1.165) is 12.1 Å². The molecule has 1 aromatic rings. The normalized spacial score (nSPS) is 12.3. The number of halogens is 3. The van der Waals surface area contributed by atoms with Gasteiger partial charge in [-0.2, -0.15) is 24.9 Å². The minimum absolute atomic E-state index is 0.0229. The lowest BCUT2D eigenvalue weighted by Gasteiger charge is -2.08.